The monoisotopic (exact) mass is 264 g/mol. The first-order chi connectivity index (χ1) is 8.94. The van der Waals surface area contributed by atoms with E-state index in [-0.39, 0.29) is 11.2 Å². The third kappa shape index (κ3) is 3.92. The molecule has 0 N–H and O–H groups in total. The zero-order chi connectivity index (χ0) is 14.5. The van der Waals surface area contributed by atoms with Crippen LogP contribution in [0, 0.1) is 12.3 Å². The molecule has 0 radical (unpaired) electrons. The van der Waals surface area contributed by atoms with Crippen molar-refractivity contribution in [2.45, 2.75) is 66.2 Å². The second kappa shape index (κ2) is 6.88. The van der Waals surface area contributed by atoms with Crippen molar-refractivity contribution in [1.29, 1.82) is 0 Å². The molecular formula is C16H28N2O. The van der Waals surface area contributed by atoms with Crippen LogP contribution in [0.2, 0.25) is 0 Å². The summed E-state index contributed by atoms with van der Waals surface area (Å²) in [7, 11) is 1.87. The Morgan fingerprint density at radius 2 is 1.79 bits per heavy atom. The lowest BCUT2D eigenvalue weighted by atomic mass is 9.74. The number of unbranched alkanes of at least 4 members (excludes halogenated alkanes) is 2. The van der Waals surface area contributed by atoms with Gasteiger partial charge in [-0.25, -0.2) is 0 Å². The van der Waals surface area contributed by atoms with Crippen LogP contribution in [0.15, 0.2) is 6.20 Å². The van der Waals surface area contributed by atoms with E-state index in [4.69, 9.17) is 0 Å². The summed E-state index contributed by atoms with van der Waals surface area (Å²) in [5.41, 5.74) is 1.43. The molecule has 0 saturated carbocycles. The first-order valence-electron chi connectivity index (χ1n) is 7.49. The van der Waals surface area contributed by atoms with Gasteiger partial charge in [-0.1, -0.05) is 46.5 Å². The summed E-state index contributed by atoms with van der Waals surface area (Å²) in [4.78, 5) is 12.9. The summed E-state index contributed by atoms with van der Waals surface area (Å²) in [6.07, 6.45) is 8.35. The molecule has 1 aromatic heterocycles. The van der Waals surface area contributed by atoms with Gasteiger partial charge in [0.25, 0.3) is 0 Å². The van der Waals surface area contributed by atoms with Crippen molar-refractivity contribution < 1.29 is 4.79 Å². The number of carbonyl (C=O) groups excluding carboxylic acids is 1. The number of hydrogen-bond acceptors (Lipinski definition) is 2. The van der Waals surface area contributed by atoms with E-state index in [0.29, 0.717) is 0 Å². The third-order valence-corrected chi connectivity index (χ3v) is 3.97. The van der Waals surface area contributed by atoms with Gasteiger partial charge in [0, 0.05) is 18.7 Å². The Hall–Kier alpha value is -1.12. The van der Waals surface area contributed by atoms with E-state index in [2.05, 4.69) is 25.9 Å². The molecule has 0 aliphatic heterocycles. The lowest BCUT2D eigenvalue weighted by molar-refractivity contribution is 0.0778. The Balaban J connectivity index is 2.96. The number of rotatable bonds is 8. The summed E-state index contributed by atoms with van der Waals surface area (Å²) in [5.74, 6) is 0.278. The van der Waals surface area contributed by atoms with Gasteiger partial charge in [0.1, 0.15) is 0 Å². The first kappa shape index (κ1) is 15.9. The average molecular weight is 264 g/mol. The zero-order valence-electron chi connectivity index (χ0n) is 13.1. The SMILES string of the molecule is CCCCC(C)(CCCC)C(=O)c1cn(C)nc1C. The lowest BCUT2D eigenvalue weighted by Gasteiger charge is -2.28. The maximum absolute atomic E-state index is 12.9. The molecule has 0 atom stereocenters. The van der Waals surface area contributed by atoms with Crippen molar-refractivity contribution in [1.82, 2.24) is 9.78 Å². The Bertz CT molecular complexity index is 412. The van der Waals surface area contributed by atoms with Crippen molar-refractivity contribution in [3.05, 3.63) is 17.5 Å². The number of ketones is 1. The van der Waals surface area contributed by atoms with Gasteiger partial charge >= 0.3 is 0 Å². The van der Waals surface area contributed by atoms with Crippen molar-refractivity contribution >= 4 is 5.78 Å². The summed E-state index contributed by atoms with van der Waals surface area (Å²) < 4.78 is 1.74. The largest absolute Gasteiger partial charge is 0.293 e. The Kier molecular flexibility index (Phi) is 5.77. The maximum Gasteiger partial charge on any atom is 0.172 e. The Labute approximate surface area is 117 Å². The number of hydrogen-bond donors (Lipinski definition) is 0. The van der Waals surface area contributed by atoms with Crippen LogP contribution in [0.4, 0.5) is 0 Å². The van der Waals surface area contributed by atoms with Crippen LogP contribution < -0.4 is 0 Å². The molecule has 0 aliphatic carbocycles. The summed E-state index contributed by atoms with van der Waals surface area (Å²) >= 11 is 0. The van der Waals surface area contributed by atoms with Crippen LogP contribution in [0.3, 0.4) is 0 Å². The molecule has 0 fully saturated rings. The molecule has 3 heteroatoms. The van der Waals surface area contributed by atoms with E-state index >= 15 is 0 Å². The topological polar surface area (TPSA) is 34.9 Å². The molecule has 0 aliphatic rings. The van der Waals surface area contributed by atoms with Crippen LogP contribution in [-0.4, -0.2) is 15.6 Å². The summed E-state index contributed by atoms with van der Waals surface area (Å²) in [6.45, 7) is 8.42. The van der Waals surface area contributed by atoms with E-state index in [1.54, 1.807) is 4.68 Å². The molecule has 1 aromatic rings. The fourth-order valence-electron chi connectivity index (χ4n) is 2.63. The van der Waals surface area contributed by atoms with Crippen LogP contribution in [-0.2, 0) is 7.05 Å². The normalized spacial score (nSPS) is 11.8. The number of nitrogens with zero attached hydrogens (tertiary/aromatic N) is 2. The smallest absolute Gasteiger partial charge is 0.172 e. The highest BCUT2D eigenvalue weighted by molar-refractivity contribution is 6.01. The number of aromatic nitrogens is 2. The van der Waals surface area contributed by atoms with Crippen molar-refractivity contribution in [2.24, 2.45) is 12.5 Å². The quantitative estimate of drug-likeness (QED) is 0.656. The Morgan fingerprint density at radius 1 is 1.26 bits per heavy atom. The minimum absolute atomic E-state index is 0.222. The van der Waals surface area contributed by atoms with Gasteiger partial charge in [0.2, 0.25) is 0 Å². The van der Waals surface area contributed by atoms with Gasteiger partial charge in [0.05, 0.1) is 11.3 Å². The lowest BCUT2D eigenvalue weighted by Crippen LogP contribution is -2.28. The first-order valence-corrected chi connectivity index (χ1v) is 7.49. The Morgan fingerprint density at radius 3 is 2.16 bits per heavy atom. The second-order valence-electron chi connectivity index (χ2n) is 5.90. The highest BCUT2D eigenvalue weighted by Gasteiger charge is 2.34. The van der Waals surface area contributed by atoms with Gasteiger partial charge in [-0.15, -0.1) is 0 Å². The molecular weight excluding hydrogens is 236 g/mol. The molecule has 0 saturated heterocycles. The molecule has 0 spiro atoms. The molecule has 108 valence electrons. The molecule has 0 unspecified atom stereocenters. The van der Waals surface area contributed by atoms with E-state index in [0.717, 1.165) is 49.8 Å². The fourth-order valence-corrected chi connectivity index (χ4v) is 2.63. The van der Waals surface area contributed by atoms with Crippen LogP contribution >= 0.6 is 0 Å². The summed E-state index contributed by atoms with van der Waals surface area (Å²) in [6, 6.07) is 0. The predicted octanol–water partition coefficient (Wildman–Crippen LogP) is 4.30. The summed E-state index contributed by atoms with van der Waals surface area (Å²) in [5, 5.41) is 4.30. The predicted molar refractivity (Wildman–Crippen MR) is 79.4 cm³/mol. The van der Waals surface area contributed by atoms with Gasteiger partial charge in [-0.05, 0) is 19.8 Å². The molecule has 0 bridgehead atoms. The third-order valence-electron chi connectivity index (χ3n) is 3.97. The zero-order valence-corrected chi connectivity index (χ0v) is 13.1. The molecule has 3 nitrogen and oxygen atoms in total. The fraction of sp³-hybridized carbons (Fsp3) is 0.750. The van der Waals surface area contributed by atoms with E-state index in [9.17, 15) is 4.79 Å². The van der Waals surface area contributed by atoms with Crippen LogP contribution in [0.5, 0.6) is 0 Å². The minimum Gasteiger partial charge on any atom is -0.293 e. The van der Waals surface area contributed by atoms with Crippen LogP contribution in [0.1, 0.15) is 75.3 Å². The molecule has 1 heterocycles. The number of carbonyl (C=O) groups is 1. The van der Waals surface area contributed by atoms with Crippen molar-refractivity contribution in [3.63, 3.8) is 0 Å². The average Bonchev–Trinajstić information content (AvgIpc) is 2.72. The highest BCUT2D eigenvalue weighted by atomic mass is 16.1. The highest BCUT2D eigenvalue weighted by Crippen LogP contribution is 2.35. The van der Waals surface area contributed by atoms with Crippen LogP contribution in [0.25, 0.3) is 0 Å². The molecule has 0 aromatic carbocycles. The molecule has 19 heavy (non-hydrogen) atoms. The minimum atomic E-state index is -0.222. The maximum atomic E-state index is 12.9. The number of Topliss-reactive ketones (excluding diaryl/α,β-unsaturated/α-hetero) is 1. The van der Waals surface area contributed by atoms with Gasteiger partial charge in [-0.2, -0.15) is 5.10 Å². The molecule has 0 amide bonds. The van der Waals surface area contributed by atoms with E-state index in [1.807, 2.05) is 20.2 Å². The molecule has 1 rings (SSSR count). The number of aryl methyl sites for hydroxylation is 2. The van der Waals surface area contributed by atoms with E-state index < -0.39 is 0 Å². The van der Waals surface area contributed by atoms with Crippen molar-refractivity contribution in [2.75, 3.05) is 0 Å². The van der Waals surface area contributed by atoms with Gasteiger partial charge in [-0.3, -0.25) is 9.48 Å². The van der Waals surface area contributed by atoms with Gasteiger partial charge < -0.3 is 0 Å². The van der Waals surface area contributed by atoms with E-state index in [1.165, 1.54) is 0 Å². The van der Waals surface area contributed by atoms with Gasteiger partial charge in [0.15, 0.2) is 5.78 Å². The van der Waals surface area contributed by atoms with Crippen molar-refractivity contribution in [3.8, 4) is 0 Å². The standard InChI is InChI=1S/C16H28N2O/c1-6-8-10-16(4,11-9-7-2)15(19)14-12-18(5)17-13(14)3/h12H,6-11H2,1-5H3. The second-order valence-corrected chi connectivity index (χ2v) is 5.90.